The van der Waals surface area contributed by atoms with Crippen LogP contribution in [0.3, 0.4) is 0 Å². The molecule has 0 saturated carbocycles. The lowest BCUT2D eigenvalue weighted by Gasteiger charge is -2.27. The Bertz CT molecular complexity index is 1170. The summed E-state index contributed by atoms with van der Waals surface area (Å²) >= 11 is 2.96. The first-order valence-corrected chi connectivity index (χ1v) is 12.4. The van der Waals surface area contributed by atoms with Gasteiger partial charge in [-0.15, -0.1) is 11.3 Å². The number of aryl methyl sites for hydroxylation is 3. The number of H-pyrrole nitrogens is 1. The number of aromatic nitrogens is 2. The minimum absolute atomic E-state index is 0.0186. The third-order valence-corrected chi connectivity index (χ3v) is 8.32. The number of aromatic amines is 1. The van der Waals surface area contributed by atoms with Crippen LogP contribution in [0.15, 0.2) is 34.2 Å². The van der Waals surface area contributed by atoms with Gasteiger partial charge >= 0.3 is 0 Å². The van der Waals surface area contributed by atoms with Crippen molar-refractivity contribution < 1.29 is 4.79 Å². The van der Waals surface area contributed by atoms with Gasteiger partial charge in [0.2, 0.25) is 5.91 Å². The van der Waals surface area contributed by atoms with Gasteiger partial charge in [-0.1, -0.05) is 36.0 Å². The zero-order chi connectivity index (χ0) is 20.7. The standard InChI is InChI=1S/C23H25N3O2S2/c1-13(20(27)24-17-11-6-8-14-7-2-3-9-15(14)17)29-23-25-21(28)19-16-10-4-5-12-18(16)30-22(19)26-23/h2-3,7,9,13,17H,4-6,8,10-12H2,1H3,(H,24,27)(H,25,26,28). The van der Waals surface area contributed by atoms with Crippen molar-refractivity contribution in [3.63, 3.8) is 0 Å². The summed E-state index contributed by atoms with van der Waals surface area (Å²) in [6.07, 6.45) is 7.44. The number of hydrogen-bond donors (Lipinski definition) is 2. The fourth-order valence-electron chi connectivity index (χ4n) is 4.61. The number of benzene rings is 1. The first kappa shape index (κ1) is 19.8. The van der Waals surface area contributed by atoms with Crippen molar-refractivity contribution in [1.82, 2.24) is 15.3 Å². The summed E-state index contributed by atoms with van der Waals surface area (Å²) in [6, 6.07) is 8.41. The Morgan fingerprint density at radius 3 is 2.97 bits per heavy atom. The number of amides is 1. The fourth-order valence-corrected chi connectivity index (χ4v) is 6.74. The normalized spacial score (nSPS) is 19.2. The van der Waals surface area contributed by atoms with Crippen molar-refractivity contribution in [3.05, 3.63) is 56.2 Å². The molecule has 5 nitrogen and oxygen atoms in total. The summed E-state index contributed by atoms with van der Waals surface area (Å²) in [5, 5.41) is 4.16. The molecular formula is C23H25N3O2S2. The molecule has 30 heavy (non-hydrogen) atoms. The molecule has 2 aliphatic carbocycles. The number of carbonyl (C=O) groups excluding carboxylic acids is 1. The Morgan fingerprint density at radius 1 is 1.23 bits per heavy atom. The number of hydrogen-bond acceptors (Lipinski definition) is 5. The predicted octanol–water partition coefficient (Wildman–Crippen LogP) is 4.54. The van der Waals surface area contributed by atoms with Gasteiger partial charge in [0, 0.05) is 4.88 Å². The molecule has 2 atom stereocenters. The molecule has 2 N–H and O–H groups in total. The molecule has 2 heterocycles. The van der Waals surface area contributed by atoms with Crippen LogP contribution in [-0.4, -0.2) is 21.1 Å². The SMILES string of the molecule is CC(Sc1nc2sc3c(c2c(=O)[nH]1)CCCC3)C(=O)NC1CCCc2ccccc21. The van der Waals surface area contributed by atoms with Crippen molar-refractivity contribution in [2.45, 2.75) is 68.3 Å². The number of rotatable bonds is 4. The van der Waals surface area contributed by atoms with Crippen LogP contribution in [0, 0.1) is 0 Å². The van der Waals surface area contributed by atoms with E-state index in [1.807, 2.05) is 13.0 Å². The molecule has 0 saturated heterocycles. The van der Waals surface area contributed by atoms with Crippen LogP contribution < -0.4 is 10.9 Å². The van der Waals surface area contributed by atoms with Gasteiger partial charge in [-0.25, -0.2) is 4.98 Å². The van der Waals surface area contributed by atoms with E-state index in [0.29, 0.717) is 5.16 Å². The fraction of sp³-hybridized carbons (Fsp3) is 0.435. The molecule has 1 amide bonds. The van der Waals surface area contributed by atoms with Gasteiger partial charge in [0.05, 0.1) is 16.7 Å². The van der Waals surface area contributed by atoms with Gasteiger partial charge in [0.25, 0.3) is 5.56 Å². The molecule has 156 valence electrons. The quantitative estimate of drug-likeness (QED) is 0.462. The third kappa shape index (κ3) is 3.69. The number of nitrogens with one attached hydrogen (secondary N) is 2. The van der Waals surface area contributed by atoms with Gasteiger partial charge in [-0.2, -0.15) is 0 Å². The van der Waals surface area contributed by atoms with Crippen LogP contribution in [-0.2, 0) is 24.1 Å². The number of thioether (sulfide) groups is 1. The topological polar surface area (TPSA) is 74.8 Å². The van der Waals surface area contributed by atoms with Crippen molar-refractivity contribution in [3.8, 4) is 0 Å². The Balaban J connectivity index is 1.33. The maximum atomic E-state index is 12.9. The Hall–Kier alpha value is -2.12. The Morgan fingerprint density at radius 2 is 2.07 bits per heavy atom. The Labute approximate surface area is 183 Å². The second kappa shape index (κ2) is 8.19. The molecule has 2 aliphatic rings. The van der Waals surface area contributed by atoms with Crippen molar-refractivity contribution in [2.24, 2.45) is 0 Å². The molecule has 2 aromatic heterocycles. The van der Waals surface area contributed by atoms with Crippen LogP contribution in [0.1, 0.15) is 60.2 Å². The monoisotopic (exact) mass is 439 g/mol. The smallest absolute Gasteiger partial charge is 0.260 e. The molecule has 1 aromatic carbocycles. The second-order valence-electron chi connectivity index (χ2n) is 8.17. The van der Waals surface area contributed by atoms with Crippen molar-refractivity contribution in [1.29, 1.82) is 0 Å². The summed E-state index contributed by atoms with van der Waals surface area (Å²) < 4.78 is 0. The maximum absolute atomic E-state index is 12.9. The van der Waals surface area contributed by atoms with E-state index in [2.05, 4.69) is 28.5 Å². The summed E-state index contributed by atoms with van der Waals surface area (Å²) in [7, 11) is 0. The first-order chi connectivity index (χ1) is 14.6. The molecule has 0 radical (unpaired) electrons. The highest BCUT2D eigenvalue weighted by atomic mass is 32.2. The summed E-state index contributed by atoms with van der Waals surface area (Å²) in [4.78, 5) is 35.3. The van der Waals surface area contributed by atoms with Crippen LogP contribution >= 0.6 is 23.1 Å². The largest absolute Gasteiger partial charge is 0.348 e. The third-order valence-electron chi connectivity index (χ3n) is 6.15. The molecule has 3 aromatic rings. The van der Waals surface area contributed by atoms with E-state index in [-0.39, 0.29) is 22.8 Å². The minimum atomic E-state index is -0.339. The van der Waals surface area contributed by atoms with Crippen LogP contribution in [0.4, 0.5) is 0 Å². The van der Waals surface area contributed by atoms with E-state index in [4.69, 9.17) is 4.98 Å². The molecule has 5 rings (SSSR count). The van der Waals surface area contributed by atoms with Crippen molar-refractivity contribution >= 4 is 39.2 Å². The van der Waals surface area contributed by atoms with Gasteiger partial charge in [-0.3, -0.25) is 9.59 Å². The average molecular weight is 440 g/mol. The van der Waals surface area contributed by atoms with E-state index in [0.717, 1.165) is 48.7 Å². The minimum Gasteiger partial charge on any atom is -0.348 e. The number of thiophene rings is 1. The molecule has 0 aliphatic heterocycles. The maximum Gasteiger partial charge on any atom is 0.260 e. The summed E-state index contributed by atoms with van der Waals surface area (Å²) in [5.41, 5.74) is 3.67. The molecular weight excluding hydrogens is 414 g/mol. The lowest BCUT2D eigenvalue weighted by molar-refractivity contribution is -0.121. The predicted molar refractivity (Wildman–Crippen MR) is 122 cm³/mol. The number of fused-ring (bicyclic) bond motifs is 4. The molecule has 0 bridgehead atoms. The zero-order valence-electron chi connectivity index (χ0n) is 17.0. The van der Waals surface area contributed by atoms with Crippen molar-refractivity contribution in [2.75, 3.05) is 0 Å². The van der Waals surface area contributed by atoms with Crippen LogP contribution in [0.5, 0.6) is 0 Å². The lowest BCUT2D eigenvalue weighted by atomic mass is 9.88. The molecule has 7 heteroatoms. The highest BCUT2D eigenvalue weighted by Gasteiger charge is 2.25. The number of carbonyl (C=O) groups is 1. The Kier molecular flexibility index (Phi) is 5.41. The van der Waals surface area contributed by atoms with Gasteiger partial charge < -0.3 is 10.3 Å². The highest BCUT2D eigenvalue weighted by molar-refractivity contribution is 8.00. The zero-order valence-corrected chi connectivity index (χ0v) is 18.6. The van der Waals surface area contributed by atoms with Crippen LogP contribution in [0.2, 0.25) is 0 Å². The highest BCUT2D eigenvalue weighted by Crippen LogP contribution is 2.35. The van der Waals surface area contributed by atoms with E-state index < -0.39 is 0 Å². The summed E-state index contributed by atoms with van der Waals surface area (Å²) in [5.74, 6) is -0.0186. The van der Waals surface area contributed by atoms with Gasteiger partial charge in [0.15, 0.2) is 5.16 Å². The van der Waals surface area contributed by atoms with Gasteiger partial charge in [-0.05, 0) is 68.6 Å². The van der Waals surface area contributed by atoms with Crippen LogP contribution in [0.25, 0.3) is 10.2 Å². The second-order valence-corrected chi connectivity index (χ2v) is 10.6. The van der Waals surface area contributed by atoms with E-state index in [1.165, 1.54) is 39.8 Å². The van der Waals surface area contributed by atoms with Gasteiger partial charge in [0.1, 0.15) is 4.83 Å². The molecule has 2 unspecified atom stereocenters. The molecule has 0 fully saturated rings. The number of nitrogens with zero attached hydrogens (tertiary/aromatic N) is 1. The van der Waals surface area contributed by atoms with E-state index in [1.54, 1.807) is 11.3 Å². The lowest BCUT2D eigenvalue weighted by Crippen LogP contribution is -2.36. The first-order valence-electron chi connectivity index (χ1n) is 10.7. The van der Waals surface area contributed by atoms with E-state index >= 15 is 0 Å². The molecule has 0 spiro atoms. The average Bonchev–Trinajstić information content (AvgIpc) is 3.12. The summed E-state index contributed by atoms with van der Waals surface area (Å²) in [6.45, 7) is 1.87. The van der Waals surface area contributed by atoms with E-state index in [9.17, 15) is 9.59 Å².